The largest absolute Gasteiger partial charge is 0.361 e. The molecule has 14 heteroatoms. The second kappa shape index (κ2) is 18.2. The Morgan fingerprint density at radius 2 is 1.50 bits per heavy atom. The van der Waals surface area contributed by atoms with Gasteiger partial charge in [-0.05, 0) is 37.2 Å². The average Bonchev–Trinajstić information content (AvgIpc) is 3.68. The van der Waals surface area contributed by atoms with Crippen LogP contribution >= 0.6 is 0 Å². The third kappa shape index (κ3) is 12.3. The van der Waals surface area contributed by atoms with Crippen LogP contribution in [0, 0.1) is 11.8 Å². The SMILES string of the molecule is CC(C)C[C@H](NC(=O)CNC(=O)Cc1cc(CN2CCNCC2)on1)C(=O)N[C@@H](Cc1ccccc1)C(=O)N[C@@H](CC(C)C)C(=O)C1(C)CO1. The molecule has 0 radical (unpaired) electrons. The van der Waals surface area contributed by atoms with E-state index >= 15 is 0 Å². The minimum Gasteiger partial charge on any atom is -0.361 e. The number of piperazine rings is 1. The Hall–Kier alpha value is -4.14. The summed E-state index contributed by atoms with van der Waals surface area (Å²) in [7, 11) is 0. The van der Waals surface area contributed by atoms with Gasteiger partial charge in [0.05, 0.1) is 37.9 Å². The Kier molecular flexibility index (Phi) is 14.1. The zero-order valence-electron chi connectivity index (χ0n) is 29.9. The molecule has 5 N–H and O–H groups in total. The van der Waals surface area contributed by atoms with Gasteiger partial charge in [-0.25, -0.2) is 0 Å². The summed E-state index contributed by atoms with van der Waals surface area (Å²) in [4.78, 5) is 68.5. The zero-order valence-corrected chi connectivity index (χ0v) is 29.9. The normalized spacial score (nSPS) is 19.3. The molecule has 2 aliphatic rings. The molecule has 14 nitrogen and oxygen atoms in total. The number of nitrogens with zero attached hydrogens (tertiary/aromatic N) is 2. The van der Waals surface area contributed by atoms with Crippen molar-refractivity contribution in [2.24, 2.45) is 11.8 Å². The van der Waals surface area contributed by atoms with Gasteiger partial charge in [0, 0.05) is 38.7 Å². The van der Waals surface area contributed by atoms with E-state index in [1.807, 2.05) is 58.0 Å². The first-order valence-corrected chi connectivity index (χ1v) is 17.6. The number of hydrogen-bond donors (Lipinski definition) is 5. The number of nitrogens with one attached hydrogen (secondary N) is 5. The molecule has 3 heterocycles. The molecule has 2 aliphatic heterocycles. The van der Waals surface area contributed by atoms with Gasteiger partial charge in [-0.1, -0.05) is 63.2 Å². The lowest BCUT2D eigenvalue weighted by molar-refractivity contribution is -0.134. The summed E-state index contributed by atoms with van der Waals surface area (Å²) in [5, 5.41) is 18.3. The van der Waals surface area contributed by atoms with Crippen molar-refractivity contribution in [2.75, 3.05) is 39.3 Å². The number of carbonyl (C=O) groups excluding carboxylic acids is 5. The van der Waals surface area contributed by atoms with Crippen molar-refractivity contribution in [3.8, 4) is 0 Å². The number of ether oxygens (including phenoxy) is 1. The minimum atomic E-state index is -1.02. The van der Waals surface area contributed by atoms with Crippen molar-refractivity contribution in [1.29, 1.82) is 0 Å². The van der Waals surface area contributed by atoms with Gasteiger partial charge in [0.15, 0.2) is 11.5 Å². The van der Waals surface area contributed by atoms with Crippen molar-refractivity contribution in [3.63, 3.8) is 0 Å². The van der Waals surface area contributed by atoms with Crippen LogP contribution in [0.25, 0.3) is 0 Å². The molecule has 274 valence electrons. The first kappa shape index (κ1) is 38.7. The Bertz CT molecular complexity index is 1450. The maximum atomic E-state index is 13.8. The van der Waals surface area contributed by atoms with E-state index in [0.29, 0.717) is 37.4 Å². The number of rotatable bonds is 19. The number of ketones is 1. The molecule has 50 heavy (non-hydrogen) atoms. The van der Waals surface area contributed by atoms with Crippen LogP contribution in [0.3, 0.4) is 0 Å². The third-order valence-corrected chi connectivity index (χ3v) is 8.70. The minimum absolute atomic E-state index is 0.0249. The molecular weight excluding hydrogens is 642 g/mol. The lowest BCUT2D eigenvalue weighted by Crippen LogP contribution is -2.58. The van der Waals surface area contributed by atoms with E-state index in [1.165, 1.54) is 0 Å². The van der Waals surface area contributed by atoms with Gasteiger partial charge in [0.25, 0.3) is 0 Å². The van der Waals surface area contributed by atoms with Crippen molar-refractivity contribution in [3.05, 3.63) is 53.4 Å². The molecule has 0 spiro atoms. The molecule has 4 amide bonds. The van der Waals surface area contributed by atoms with E-state index in [9.17, 15) is 24.0 Å². The Morgan fingerprint density at radius 3 is 2.14 bits per heavy atom. The number of Topliss-reactive ketones (excluding diaryl/α,β-unsaturated/α-hetero) is 1. The molecule has 0 aliphatic carbocycles. The van der Waals surface area contributed by atoms with Crippen LogP contribution in [0.1, 0.15) is 64.5 Å². The maximum absolute atomic E-state index is 13.8. The molecule has 4 rings (SSSR count). The fourth-order valence-electron chi connectivity index (χ4n) is 5.88. The van der Waals surface area contributed by atoms with Crippen molar-refractivity contribution < 1.29 is 33.2 Å². The van der Waals surface area contributed by atoms with Crippen LogP contribution in [0.4, 0.5) is 0 Å². The number of carbonyl (C=O) groups is 5. The molecule has 1 aromatic carbocycles. The van der Waals surface area contributed by atoms with Gasteiger partial charge in [-0.2, -0.15) is 0 Å². The van der Waals surface area contributed by atoms with E-state index in [2.05, 4.69) is 36.6 Å². The molecule has 1 unspecified atom stereocenters. The maximum Gasteiger partial charge on any atom is 0.243 e. The van der Waals surface area contributed by atoms with E-state index in [-0.39, 0.29) is 37.0 Å². The molecule has 4 atom stereocenters. The van der Waals surface area contributed by atoms with Gasteiger partial charge in [-0.15, -0.1) is 0 Å². The second-order valence-corrected chi connectivity index (χ2v) is 14.3. The molecule has 0 saturated carbocycles. The van der Waals surface area contributed by atoms with Gasteiger partial charge in [0.2, 0.25) is 23.6 Å². The smallest absolute Gasteiger partial charge is 0.243 e. The number of amides is 4. The van der Waals surface area contributed by atoms with Crippen LogP contribution in [-0.4, -0.2) is 103 Å². The topological polar surface area (TPSA) is 187 Å². The number of epoxide rings is 1. The van der Waals surface area contributed by atoms with Crippen LogP contribution in [0.5, 0.6) is 0 Å². The van der Waals surface area contributed by atoms with Crippen molar-refractivity contribution in [1.82, 2.24) is 36.6 Å². The lowest BCUT2D eigenvalue weighted by Gasteiger charge is -2.27. The first-order valence-electron chi connectivity index (χ1n) is 17.6. The summed E-state index contributed by atoms with van der Waals surface area (Å²) in [6, 6.07) is 8.21. The Labute approximate surface area is 294 Å². The molecule has 1 aromatic heterocycles. The summed E-state index contributed by atoms with van der Waals surface area (Å²) >= 11 is 0. The van der Waals surface area contributed by atoms with Crippen LogP contribution in [0.2, 0.25) is 0 Å². The number of hydrogen-bond acceptors (Lipinski definition) is 10. The van der Waals surface area contributed by atoms with Crippen molar-refractivity contribution >= 4 is 29.4 Å². The first-order chi connectivity index (χ1) is 23.8. The monoisotopic (exact) mass is 695 g/mol. The molecule has 2 fully saturated rings. The highest BCUT2D eigenvalue weighted by Crippen LogP contribution is 2.29. The van der Waals surface area contributed by atoms with Gasteiger partial charge in [0.1, 0.15) is 17.7 Å². The average molecular weight is 696 g/mol. The van der Waals surface area contributed by atoms with Gasteiger partial charge in [-0.3, -0.25) is 28.9 Å². The van der Waals surface area contributed by atoms with E-state index in [0.717, 1.165) is 31.7 Å². The number of aromatic nitrogens is 1. The summed E-state index contributed by atoms with van der Waals surface area (Å²) in [6.07, 6.45) is 0.827. The van der Waals surface area contributed by atoms with Crippen LogP contribution < -0.4 is 26.6 Å². The number of benzene rings is 1. The molecule has 0 bridgehead atoms. The highest BCUT2D eigenvalue weighted by atomic mass is 16.6. The quantitative estimate of drug-likeness (QED) is 0.132. The second-order valence-electron chi connectivity index (χ2n) is 14.3. The van der Waals surface area contributed by atoms with Crippen LogP contribution in [0.15, 0.2) is 40.9 Å². The highest BCUT2D eigenvalue weighted by molar-refractivity contribution is 5.98. The Morgan fingerprint density at radius 1 is 0.880 bits per heavy atom. The summed E-state index contributed by atoms with van der Waals surface area (Å²) < 4.78 is 10.8. The van der Waals surface area contributed by atoms with Gasteiger partial charge < -0.3 is 35.8 Å². The summed E-state index contributed by atoms with van der Waals surface area (Å²) in [5.74, 6) is -1.40. The fourth-order valence-corrected chi connectivity index (χ4v) is 5.88. The van der Waals surface area contributed by atoms with Gasteiger partial charge >= 0.3 is 0 Å². The predicted molar refractivity (Wildman–Crippen MR) is 186 cm³/mol. The van der Waals surface area contributed by atoms with E-state index in [4.69, 9.17) is 9.26 Å². The van der Waals surface area contributed by atoms with E-state index < -0.39 is 47.4 Å². The van der Waals surface area contributed by atoms with Crippen LogP contribution in [-0.2, 0) is 48.1 Å². The lowest BCUT2D eigenvalue weighted by atomic mass is 9.93. The molecule has 2 saturated heterocycles. The Balaban J connectivity index is 1.35. The zero-order chi connectivity index (χ0) is 36.3. The predicted octanol–water partition coefficient (Wildman–Crippen LogP) is 0.886. The summed E-state index contributed by atoms with van der Waals surface area (Å²) in [5.41, 5.74) is 0.354. The van der Waals surface area contributed by atoms with E-state index in [1.54, 1.807) is 13.0 Å². The fraction of sp³-hybridized carbons (Fsp3) is 0.611. The standard InChI is InChI=1S/C36H53N7O7/c1-23(2)15-28(33(46)36(5)22-49-36)40-35(48)30(17-25-9-7-6-8-10-25)41-34(47)29(16-24(3)4)39-32(45)20-38-31(44)19-26-18-27(50-42-26)21-43-13-11-37-12-14-43/h6-10,18,23-24,28-30,37H,11-17,19-22H2,1-5H3,(H,38,44)(H,39,45)(H,40,48)(H,41,47)/t28-,29-,30-,36?/m0/s1. The molecular formula is C36H53N7O7. The summed E-state index contributed by atoms with van der Waals surface area (Å²) in [6.45, 7) is 13.6. The molecule has 2 aromatic rings. The third-order valence-electron chi connectivity index (χ3n) is 8.70. The highest BCUT2D eigenvalue weighted by Gasteiger charge is 2.50. The van der Waals surface area contributed by atoms with Crippen molar-refractivity contribution in [2.45, 2.75) is 90.6 Å².